The Bertz CT molecular complexity index is 191. The van der Waals surface area contributed by atoms with Crippen molar-refractivity contribution in [1.29, 1.82) is 0 Å². The molecule has 0 aliphatic carbocycles. The van der Waals surface area contributed by atoms with Crippen LogP contribution in [-0.2, 0) is 9.53 Å². The monoisotopic (exact) mass is 216 g/mol. The fourth-order valence-electron chi connectivity index (χ4n) is 1.22. The molecular weight excluding hydrogens is 192 g/mol. The lowest BCUT2D eigenvalue weighted by atomic mass is 9.86. The minimum atomic E-state index is -0.457. The van der Waals surface area contributed by atoms with Crippen molar-refractivity contribution >= 4 is 5.91 Å². The molecule has 0 spiro atoms. The Balaban J connectivity index is 4.31. The Kier molecular flexibility index (Phi) is 6.52. The molecule has 0 aliphatic heterocycles. The molecule has 0 radical (unpaired) electrons. The first-order chi connectivity index (χ1) is 7.03. The maximum atomic E-state index is 11.9. The van der Waals surface area contributed by atoms with Gasteiger partial charge in [-0.1, -0.05) is 13.8 Å². The van der Waals surface area contributed by atoms with Crippen molar-refractivity contribution in [2.45, 2.75) is 39.7 Å². The summed E-state index contributed by atoms with van der Waals surface area (Å²) >= 11 is 0. The lowest BCUT2D eigenvalue weighted by Gasteiger charge is -2.27. The summed E-state index contributed by atoms with van der Waals surface area (Å²) in [6.07, 6.45) is 1.61. The predicted octanol–water partition coefficient (Wildman–Crippen LogP) is 0.903. The molecule has 0 aromatic heterocycles. The van der Waals surface area contributed by atoms with Gasteiger partial charge in [-0.3, -0.25) is 4.79 Å². The third-order valence-corrected chi connectivity index (χ3v) is 2.97. The van der Waals surface area contributed by atoms with E-state index in [4.69, 9.17) is 10.5 Å². The first kappa shape index (κ1) is 14.4. The van der Waals surface area contributed by atoms with Gasteiger partial charge in [-0.2, -0.15) is 0 Å². The third-order valence-electron chi connectivity index (χ3n) is 2.97. The molecule has 3 N–H and O–H groups in total. The Morgan fingerprint density at radius 2 is 2.13 bits per heavy atom. The van der Waals surface area contributed by atoms with Crippen molar-refractivity contribution in [1.82, 2.24) is 5.32 Å². The van der Waals surface area contributed by atoms with E-state index in [0.717, 1.165) is 12.8 Å². The van der Waals surface area contributed by atoms with E-state index in [0.29, 0.717) is 13.2 Å². The van der Waals surface area contributed by atoms with E-state index < -0.39 is 5.41 Å². The average Bonchev–Trinajstić information content (AvgIpc) is 2.27. The van der Waals surface area contributed by atoms with E-state index in [1.54, 1.807) is 7.11 Å². The first-order valence-corrected chi connectivity index (χ1v) is 5.54. The van der Waals surface area contributed by atoms with Crippen LogP contribution in [0.2, 0.25) is 0 Å². The summed E-state index contributed by atoms with van der Waals surface area (Å²) in [6, 6.07) is 0.0833. The van der Waals surface area contributed by atoms with E-state index in [2.05, 4.69) is 5.32 Å². The van der Waals surface area contributed by atoms with Gasteiger partial charge in [-0.25, -0.2) is 0 Å². The van der Waals surface area contributed by atoms with E-state index >= 15 is 0 Å². The lowest BCUT2D eigenvalue weighted by molar-refractivity contribution is -0.131. The smallest absolute Gasteiger partial charge is 0.227 e. The van der Waals surface area contributed by atoms with Crippen LogP contribution in [0.25, 0.3) is 0 Å². The topological polar surface area (TPSA) is 64.3 Å². The van der Waals surface area contributed by atoms with E-state index in [9.17, 15) is 4.79 Å². The normalized spacial score (nSPS) is 16.9. The van der Waals surface area contributed by atoms with Gasteiger partial charge in [0.25, 0.3) is 0 Å². The Morgan fingerprint density at radius 1 is 1.53 bits per heavy atom. The van der Waals surface area contributed by atoms with Crippen LogP contribution in [0.5, 0.6) is 0 Å². The summed E-state index contributed by atoms with van der Waals surface area (Å²) in [4.78, 5) is 11.9. The summed E-state index contributed by atoms with van der Waals surface area (Å²) < 4.78 is 5.03. The highest BCUT2D eigenvalue weighted by atomic mass is 16.5. The Morgan fingerprint density at radius 3 is 2.47 bits per heavy atom. The first-order valence-electron chi connectivity index (χ1n) is 5.54. The number of ether oxygens (including phenoxy) is 1. The number of nitrogens with one attached hydrogen (secondary N) is 1. The number of hydrogen-bond donors (Lipinski definition) is 2. The van der Waals surface area contributed by atoms with Crippen LogP contribution in [0.4, 0.5) is 0 Å². The fourth-order valence-corrected chi connectivity index (χ4v) is 1.22. The standard InChI is InChI=1S/C11H24N2O2/c1-5-9(7-15-4)13-10(14)11(3,6-2)8-12/h9H,5-8,12H2,1-4H3,(H,13,14). The molecular formula is C11H24N2O2. The van der Waals surface area contributed by atoms with Gasteiger partial charge >= 0.3 is 0 Å². The quantitative estimate of drug-likeness (QED) is 0.664. The van der Waals surface area contributed by atoms with Crippen LogP contribution in [0.3, 0.4) is 0 Å². The minimum absolute atomic E-state index is 0.0244. The predicted molar refractivity (Wildman–Crippen MR) is 61.6 cm³/mol. The van der Waals surface area contributed by atoms with E-state index in [1.165, 1.54) is 0 Å². The zero-order valence-electron chi connectivity index (χ0n) is 10.3. The molecule has 90 valence electrons. The van der Waals surface area contributed by atoms with Crippen LogP contribution in [0.1, 0.15) is 33.6 Å². The highest BCUT2D eigenvalue weighted by Gasteiger charge is 2.30. The van der Waals surface area contributed by atoms with Crippen LogP contribution in [0, 0.1) is 5.41 Å². The van der Waals surface area contributed by atoms with Gasteiger partial charge in [0, 0.05) is 13.7 Å². The van der Waals surface area contributed by atoms with E-state index in [-0.39, 0.29) is 11.9 Å². The summed E-state index contributed by atoms with van der Waals surface area (Å²) in [5.74, 6) is 0.0244. The van der Waals surface area contributed by atoms with Gasteiger partial charge in [0.15, 0.2) is 0 Å². The maximum absolute atomic E-state index is 11.9. The van der Waals surface area contributed by atoms with Gasteiger partial charge in [-0.05, 0) is 19.8 Å². The zero-order valence-corrected chi connectivity index (χ0v) is 10.3. The zero-order chi connectivity index (χ0) is 11.9. The summed E-state index contributed by atoms with van der Waals surface area (Å²) in [6.45, 7) is 6.81. The number of carbonyl (C=O) groups is 1. The average molecular weight is 216 g/mol. The van der Waals surface area contributed by atoms with Crippen LogP contribution in [-0.4, -0.2) is 32.2 Å². The molecule has 0 aromatic carbocycles. The number of rotatable bonds is 7. The maximum Gasteiger partial charge on any atom is 0.227 e. The number of nitrogens with two attached hydrogens (primary N) is 1. The molecule has 0 saturated carbocycles. The van der Waals surface area contributed by atoms with Crippen LogP contribution in [0.15, 0.2) is 0 Å². The van der Waals surface area contributed by atoms with Crippen molar-refractivity contribution in [3.8, 4) is 0 Å². The van der Waals surface area contributed by atoms with Gasteiger partial charge in [0.2, 0.25) is 5.91 Å². The molecule has 0 heterocycles. The number of carbonyl (C=O) groups excluding carboxylic acids is 1. The van der Waals surface area contributed by atoms with Crippen molar-refractivity contribution in [2.75, 3.05) is 20.3 Å². The van der Waals surface area contributed by atoms with Gasteiger partial charge in [0.05, 0.1) is 18.1 Å². The molecule has 4 nitrogen and oxygen atoms in total. The summed E-state index contributed by atoms with van der Waals surface area (Å²) in [5.41, 5.74) is 5.16. The van der Waals surface area contributed by atoms with Gasteiger partial charge in [0.1, 0.15) is 0 Å². The van der Waals surface area contributed by atoms with Crippen LogP contribution < -0.4 is 11.1 Å². The van der Waals surface area contributed by atoms with E-state index in [1.807, 2.05) is 20.8 Å². The van der Waals surface area contributed by atoms with Crippen LogP contribution >= 0.6 is 0 Å². The molecule has 0 aromatic rings. The largest absolute Gasteiger partial charge is 0.383 e. The molecule has 0 bridgehead atoms. The molecule has 1 amide bonds. The van der Waals surface area contributed by atoms with Crippen molar-refractivity contribution in [3.63, 3.8) is 0 Å². The minimum Gasteiger partial charge on any atom is -0.383 e. The Labute approximate surface area is 92.6 Å². The van der Waals surface area contributed by atoms with Gasteiger partial charge < -0.3 is 15.8 Å². The highest BCUT2D eigenvalue weighted by Crippen LogP contribution is 2.19. The molecule has 0 aliphatic rings. The van der Waals surface area contributed by atoms with Gasteiger partial charge in [-0.15, -0.1) is 0 Å². The second kappa shape index (κ2) is 6.80. The molecule has 0 rings (SSSR count). The number of amides is 1. The number of methoxy groups -OCH3 is 1. The third kappa shape index (κ3) is 4.18. The fraction of sp³-hybridized carbons (Fsp3) is 0.909. The molecule has 2 unspecified atom stereocenters. The van der Waals surface area contributed by atoms with Crippen molar-refractivity contribution < 1.29 is 9.53 Å². The molecule has 15 heavy (non-hydrogen) atoms. The second-order valence-corrected chi connectivity index (χ2v) is 4.15. The lowest BCUT2D eigenvalue weighted by Crippen LogP contribution is -2.48. The second-order valence-electron chi connectivity index (χ2n) is 4.15. The highest BCUT2D eigenvalue weighted by molar-refractivity contribution is 5.82. The van der Waals surface area contributed by atoms with Crippen molar-refractivity contribution in [3.05, 3.63) is 0 Å². The molecule has 0 saturated heterocycles. The SMILES string of the molecule is CCC(COC)NC(=O)C(C)(CC)CN. The summed E-state index contributed by atoms with van der Waals surface area (Å²) in [5, 5.41) is 2.97. The Hall–Kier alpha value is -0.610. The molecule has 0 fully saturated rings. The number of hydrogen-bond acceptors (Lipinski definition) is 3. The summed E-state index contributed by atoms with van der Waals surface area (Å²) in [7, 11) is 1.64. The van der Waals surface area contributed by atoms with Crippen molar-refractivity contribution in [2.24, 2.45) is 11.1 Å². The molecule has 2 atom stereocenters. The molecule has 4 heteroatoms.